The van der Waals surface area contributed by atoms with Crippen LogP contribution in [0.2, 0.25) is 0 Å². The number of amides is 1. The monoisotopic (exact) mass is 259 g/mol. The molecule has 0 bridgehead atoms. The van der Waals surface area contributed by atoms with Gasteiger partial charge in [-0.1, -0.05) is 30.3 Å². The molecule has 2 rings (SSSR count). The highest BCUT2D eigenvalue weighted by Gasteiger charge is 2.10. The van der Waals surface area contributed by atoms with E-state index < -0.39 is 0 Å². The van der Waals surface area contributed by atoms with Crippen LogP contribution in [0.25, 0.3) is 0 Å². The van der Waals surface area contributed by atoms with Crippen molar-refractivity contribution in [2.45, 2.75) is 13.1 Å². The van der Waals surface area contributed by atoms with Crippen molar-refractivity contribution in [3.05, 3.63) is 59.5 Å². The minimum atomic E-state index is -0.347. The minimum absolute atomic E-state index is 0.347. The van der Waals surface area contributed by atoms with Gasteiger partial charge in [-0.25, -0.2) is 5.84 Å². The van der Waals surface area contributed by atoms with Crippen molar-refractivity contribution in [2.75, 3.05) is 7.05 Å². The Kier molecular flexibility index (Phi) is 4.33. The number of hydrazine groups is 1. The molecule has 19 heavy (non-hydrogen) atoms. The topological polar surface area (TPSA) is 71.5 Å². The van der Waals surface area contributed by atoms with E-state index in [4.69, 9.17) is 10.3 Å². The molecule has 3 N–H and O–H groups in total. The predicted molar refractivity (Wildman–Crippen MR) is 72.0 cm³/mol. The fourth-order valence-corrected chi connectivity index (χ4v) is 1.88. The summed E-state index contributed by atoms with van der Waals surface area (Å²) in [4.78, 5) is 13.4. The molecule has 2 aromatic rings. The van der Waals surface area contributed by atoms with E-state index >= 15 is 0 Å². The average molecular weight is 259 g/mol. The first kappa shape index (κ1) is 13.3. The lowest BCUT2D eigenvalue weighted by atomic mass is 10.2. The lowest BCUT2D eigenvalue weighted by molar-refractivity contribution is 0.0953. The highest BCUT2D eigenvalue weighted by atomic mass is 16.3. The molecule has 0 aliphatic carbocycles. The number of furan rings is 1. The van der Waals surface area contributed by atoms with Crippen molar-refractivity contribution in [1.82, 2.24) is 10.3 Å². The molecule has 0 fully saturated rings. The molecule has 0 atom stereocenters. The van der Waals surface area contributed by atoms with Crippen molar-refractivity contribution >= 4 is 5.91 Å². The van der Waals surface area contributed by atoms with Gasteiger partial charge in [-0.05, 0) is 18.7 Å². The number of nitrogen functional groups attached to an aromatic ring is 1. The van der Waals surface area contributed by atoms with Crippen molar-refractivity contribution < 1.29 is 9.21 Å². The Morgan fingerprint density at radius 3 is 2.74 bits per heavy atom. The number of carbonyl (C=O) groups is 1. The molecular formula is C14H17N3O2. The molecule has 0 radical (unpaired) electrons. The second kappa shape index (κ2) is 6.17. The number of benzene rings is 1. The van der Waals surface area contributed by atoms with Crippen LogP contribution in [0.1, 0.15) is 21.7 Å². The van der Waals surface area contributed by atoms with Gasteiger partial charge < -0.3 is 4.42 Å². The molecule has 1 amide bonds. The first-order valence-corrected chi connectivity index (χ1v) is 6.00. The number of nitrogens with zero attached hydrogens (tertiary/aromatic N) is 1. The fourth-order valence-electron chi connectivity index (χ4n) is 1.88. The lowest BCUT2D eigenvalue weighted by Gasteiger charge is -2.14. The highest BCUT2D eigenvalue weighted by molar-refractivity contribution is 5.93. The van der Waals surface area contributed by atoms with Gasteiger partial charge in [0.25, 0.3) is 5.91 Å². The largest absolute Gasteiger partial charge is 0.467 e. The van der Waals surface area contributed by atoms with Gasteiger partial charge >= 0.3 is 0 Å². The molecule has 1 heterocycles. The molecular weight excluding hydrogens is 242 g/mol. The molecule has 5 nitrogen and oxygen atoms in total. The molecule has 0 saturated carbocycles. The molecule has 5 heteroatoms. The smallest absolute Gasteiger partial charge is 0.268 e. The van der Waals surface area contributed by atoms with Crippen molar-refractivity contribution in [3.8, 4) is 0 Å². The summed E-state index contributed by atoms with van der Waals surface area (Å²) >= 11 is 0. The second-order valence-corrected chi connectivity index (χ2v) is 4.43. The standard InChI is InChI=1S/C14H17N3O2/c1-17(8-11-5-3-2-4-6-11)9-13-7-12(10-19-13)14(18)16-15/h2-7,10H,8-9,15H2,1H3,(H,16,18). The Labute approximate surface area is 112 Å². The van der Waals surface area contributed by atoms with Crippen LogP contribution >= 0.6 is 0 Å². The average Bonchev–Trinajstić information content (AvgIpc) is 2.87. The van der Waals surface area contributed by atoms with Gasteiger partial charge in [0.1, 0.15) is 12.0 Å². The van der Waals surface area contributed by atoms with Crippen molar-refractivity contribution in [1.29, 1.82) is 0 Å². The Morgan fingerprint density at radius 2 is 2.05 bits per heavy atom. The molecule has 0 unspecified atom stereocenters. The van der Waals surface area contributed by atoms with Gasteiger partial charge in [0.15, 0.2) is 0 Å². The van der Waals surface area contributed by atoms with Crippen molar-refractivity contribution in [3.63, 3.8) is 0 Å². The highest BCUT2D eigenvalue weighted by Crippen LogP contribution is 2.11. The van der Waals surface area contributed by atoms with Crippen LogP contribution in [0.5, 0.6) is 0 Å². The van der Waals surface area contributed by atoms with Gasteiger partial charge in [-0.3, -0.25) is 15.1 Å². The van der Waals surface area contributed by atoms with E-state index in [0.29, 0.717) is 12.1 Å². The number of nitrogens with one attached hydrogen (secondary N) is 1. The third kappa shape index (κ3) is 3.67. The first-order valence-electron chi connectivity index (χ1n) is 6.00. The van der Waals surface area contributed by atoms with Crippen LogP contribution < -0.4 is 11.3 Å². The summed E-state index contributed by atoms with van der Waals surface area (Å²) in [5.41, 5.74) is 3.74. The Morgan fingerprint density at radius 1 is 1.32 bits per heavy atom. The normalized spacial score (nSPS) is 10.7. The molecule has 1 aromatic heterocycles. The maximum Gasteiger partial charge on any atom is 0.268 e. The van der Waals surface area contributed by atoms with Gasteiger partial charge in [-0.2, -0.15) is 0 Å². The number of nitrogens with two attached hydrogens (primary N) is 1. The zero-order valence-electron chi connectivity index (χ0n) is 10.8. The first-order chi connectivity index (χ1) is 9.19. The van der Waals surface area contributed by atoms with Gasteiger partial charge in [0.2, 0.25) is 0 Å². The molecule has 0 spiro atoms. The molecule has 0 aliphatic rings. The number of hydrogen-bond donors (Lipinski definition) is 2. The number of hydrogen-bond acceptors (Lipinski definition) is 4. The Balaban J connectivity index is 1.94. The van der Waals surface area contributed by atoms with E-state index in [-0.39, 0.29) is 5.91 Å². The van der Waals surface area contributed by atoms with E-state index in [9.17, 15) is 4.79 Å². The van der Waals surface area contributed by atoms with Crippen LogP contribution in [0.4, 0.5) is 0 Å². The van der Waals surface area contributed by atoms with Crippen LogP contribution in [-0.2, 0) is 13.1 Å². The van der Waals surface area contributed by atoms with Crippen LogP contribution in [-0.4, -0.2) is 17.9 Å². The van der Waals surface area contributed by atoms with Gasteiger partial charge in [0, 0.05) is 6.54 Å². The maximum absolute atomic E-state index is 11.3. The van der Waals surface area contributed by atoms with Gasteiger partial charge in [0.05, 0.1) is 12.1 Å². The summed E-state index contributed by atoms with van der Waals surface area (Å²) in [6.07, 6.45) is 1.41. The van der Waals surface area contributed by atoms with E-state index in [1.165, 1.54) is 11.8 Å². The quantitative estimate of drug-likeness (QED) is 0.485. The molecule has 1 aromatic carbocycles. The predicted octanol–water partition coefficient (Wildman–Crippen LogP) is 1.52. The molecule has 0 saturated heterocycles. The molecule has 100 valence electrons. The van der Waals surface area contributed by atoms with E-state index in [1.54, 1.807) is 6.07 Å². The molecule has 0 aliphatic heterocycles. The van der Waals surface area contributed by atoms with Crippen LogP contribution in [0, 0.1) is 0 Å². The maximum atomic E-state index is 11.3. The van der Waals surface area contributed by atoms with Crippen molar-refractivity contribution in [2.24, 2.45) is 5.84 Å². The Bertz CT molecular complexity index is 537. The van der Waals surface area contributed by atoms with Crippen LogP contribution in [0.3, 0.4) is 0 Å². The third-order valence-corrected chi connectivity index (χ3v) is 2.77. The van der Waals surface area contributed by atoms with E-state index in [0.717, 1.165) is 12.3 Å². The summed E-state index contributed by atoms with van der Waals surface area (Å²) in [6, 6.07) is 11.9. The summed E-state index contributed by atoms with van der Waals surface area (Å²) < 4.78 is 5.34. The summed E-state index contributed by atoms with van der Waals surface area (Å²) in [6.45, 7) is 1.45. The van der Waals surface area contributed by atoms with E-state index in [1.807, 2.05) is 25.2 Å². The summed E-state index contributed by atoms with van der Waals surface area (Å²) in [7, 11) is 2.00. The summed E-state index contributed by atoms with van der Waals surface area (Å²) in [5, 5.41) is 0. The SMILES string of the molecule is CN(Cc1ccccc1)Cc1cc(C(=O)NN)co1. The number of rotatable bonds is 5. The summed E-state index contributed by atoms with van der Waals surface area (Å²) in [5.74, 6) is 5.45. The van der Waals surface area contributed by atoms with Crippen LogP contribution in [0.15, 0.2) is 47.1 Å². The second-order valence-electron chi connectivity index (χ2n) is 4.43. The lowest BCUT2D eigenvalue weighted by Crippen LogP contribution is -2.29. The number of carbonyl (C=O) groups excluding carboxylic acids is 1. The Hall–Kier alpha value is -2.11. The third-order valence-electron chi connectivity index (χ3n) is 2.77. The van der Waals surface area contributed by atoms with E-state index in [2.05, 4.69) is 22.5 Å². The van der Waals surface area contributed by atoms with Gasteiger partial charge in [-0.15, -0.1) is 0 Å². The zero-order chi connectivity index (χ0) is 13.7. The zero-order valence-corrected chi connectivity index (χ0v) is 10.8. The fraction of sp³-hybridized carbons (Fsp3) is 0.214. The minimum Gasteiger partial charge on any atom is -0.467 e.